The Hall–Kier alpha value is -2.87. The predicted molar refractivity (Wildman–Crippen MR) is 129 cm³/mol. The molecule has 0 unspecified atom stereocenters. The number of ether oxygens (including phenoxy) is 1. The molecule has 3 aromatic carbocycles. The zero-order valence-corrected chi connectivity index (χ0v) is 19.6. The molecule has 1 atom stereocenters. The van der Waals surface area contributed by atoms with Crippen LogP contribution in [0.2, 0.25) is 5.02 Å². The van der Waals surface area contributed by atoms with Gasteiger partial charge in [0.25, 0.3) is 0 Å². The molecule has 1 aliphatic heterocycles. The summed E-state index contributed by atoms with van der Waals surface area (Å²) in [5, 5.41) is 3.34. The highest BCUT2D eigenvalue weighted by Gasteiger charge is 2.34. The monoisotopic (exact) mass is 484 g/mol. The first-order valence-corrected chi connectivity index (χ1v) is 12.6. The molecule has 1 N–H and O–H groups in total. The number of carbonyl (C=O) groups is 1. The molecule has 1 heterocycles. The van der Waals surface area contributed by atoms with Crippen molar-refractivity contribution >= 4 is 33.2 Å². The number of amides is 1. The van der Waals surface area contributed by atoms with Crippen molar-refractivity contribution < 1.29 is 17.9 Å². The van der Waals surface area contributed by atoms with Crippen molar-refractivity contribution in [3.8, 4) is 11.5 Å². The number of hydrogen-bond donors (Lipinski definition) is 1. The summed E-state index contributed by atoms with van der Waals surface area (Å²) in [5.74, 6) is 1.16. The fourth-order valence-electron chi connectivity index (χ4n) is 3.89. The van der Waals surface area contributed by atoms with Crippen LogP contribution in [0.25, 0.3) is 0 Å². The Labute approximate surface area is 199 Å². The third kappa shape index (κ3) is 5.93. The van der Waals surface area contributed by atoms with E-state index in [2.05, 4.69) is 5.32 Å². The molecule has 172 valence electrons. The number of sulfonamides is 1. The van der Waals surface area contributed by atoms with Gasteiger partial charge in [-0.25, -0.2) is 8.42 Å². The van der Waals surface area contributed by atoms with Crippen LogP contribution in [0.3, 0.4) is 0 Å². The van der Waals surface area contributed by atoms with Gasteiger partial charge in [0.1, 0.15) is 11.5 Å². The predicted octanol–water partition coefficient (Wildman–Crippen LogP) is 5.70. The van der Waals surface area contributed by atoms with Gasteiger partial charge in [0.15, 0.2) is 0 Å². The molecule has 8 heteroatoms. The van der Waals surface area contributed by atoms with Gasteiger partial charge in [0, 0.05) is 29.7 Å². The lowest BCUT2D eigenvalue weighted by Crippen LogP contribution is -2.45. The van der Waals surface area contributed by atoms with Crippen LogP contribution in [0, 0.1) is 0 Å². The van der Waals surface area contributed by atoms with Crippen LogP contribution in [-0.2, 0) is 14.8 Å². The van der Waals surface area contributed by atoms with Gasteiger partial charge in [0.05, 0.1) is 4.90 Å². The fourth-order valence-corrected chi connectivity index (χ4v) is 5.71. The topological polar surface area (TPSA) is 75.7 Å². The van der Waals surface area contributed by atoms with Crippen molar-refractivity contribution in [3.05, 3.63) is 83.9 Å². The molecule has 0 aromatic heterocycles. The Morgan fingerprint density at radius 3 is 2.30 bits per heavy atom. The number of halogens is 1. The van der Waals surface area contributed by atoms with Gasteiger partial charge in [-0.2, -0.15) is 4.31 Å². The summed E-state index contributed by atoms with van der Waals surface area (Å²) >= 11 is 5.90. The second kappa shape index (κ2) is 10.4. The van der Waals surface area contributed by atoms with Gasteiger partial charge in [0.2, 0.25) is 15.9 Å². The number of hydrogen-bond acceptors (Lipinski definition) is 4. The van der Waals surface area contributed by atoms with Crippen LogP contribution in [0.15, 0.2) is 83.8 Å². The summed E-state index contributed by atoms with van der Waals surface area (Å²) < 4.78 is 33.6. The number of anilines is 1. The van der Waals surface area contributed by atoms with E-state index in [-0.39, 0.29) is 23.3 Å². The first-order chi connectivity index (χ1) is 15.9. The number of piperidine rings is 1. The number of nitrogens with one attached hydrogen (secondary N) is 1. The van der Waals surface area contributed by atoms with E-state index in [0.29, 0.717) is 29.4 Å². The van der Waals surface area contributed by atoms with Crippen LogP contribution < -0.4 is 10.1 Å². The lowest BCUT2D eigenvalue weighted by atomic mass is 10.0. The van der Waals surface area contributed by atoms with E-state index < -0.39 is 10.0 Å². The molecule has 1 saturated heterocycles. The standard InChI is InChI=1S/C25H25ClN2O4S/c26-19-9-15-24(16-10-19)33(30,31)28-17-5-4-6-21(28)18-25(29)27-20-11-13-23(14-12-20)32-22-7-2-1-3-8-22/h1-3,7-16,21H,4-6,17-18H2,(H,27,29)/t21-/m1/s1. The summed E-state index contributed by atoms with van der Waals surface area (Å²) in [6.07, 6.45) is 2.39. The molecule has 0 saturated carbocycles. The van der Waals surface area contributed by atoms with Crippen molar-refractivity contribution in [1.29, 1.82) is 0 Å². The highest BCUT2D eigenvalue weighted by molar-refractivity contribution is 7.89. The number of para-hydroxylation sites is 1. The van der Waals surface area contributed by atoms with Gasteiger partial charge in [-0.1, -0.05) is 36.2 Å². The van der Waals surface area contributed by atoms with E-state index in [9.17, 15) is 13.2 Å². The van der Waals surface area contributed by atoms with E-state index in [4.69, 9.17) is 16.3 Å². The maximum absolute atomic E-state index is 13.2. The van der Waals surface area contributed by atoms with Gasteiger partial charge in [-0.15, -0.1) is 0 Å². The molecule has 3 aromatic rings. The first-order valence-electron chi connectivity index (χ1n) is 10.8. The van der Waals surface area contributed by atoms with Crippen LogP contribution in [0.5, 0.6) is 11.5 Å². The van der Waals surface area contributed by atoms with E-state index in [1.165, 1.54) is 16.4 Å². The Kier molecular flexibility index (Phi) is 7.33. The minimum absolute atomic E-state index is 0.0923. The average molecular weight is 485 g/mol. The third-order valence-electron chi connectivity index (χ3n) is 5.53. The highest BCUT2D eigenvalue weighted by atomic mass is 35.5. The summed E-state index contributed by atoms with van der Waals surface area (Å²) in [6.45, 7) is 0.397. The minimum Gasteiger partial charge on any atom is -0.457 e. The molecule has 0 radical (unpaired) electrons. The summed E-state index contributed by atoms with van der Waals surface area (Å²) in [4.78, 5) is 12.9. The number of nitrogens with zero attached hydrogens (tertiary/aromatic N) is 1. The smallest absolute Gasteiger partial charge is 0.243 e. The third-order valence-corrected chi connectivity index (χ3v) is 7.75. The summed E-state index contributed by atoms with van der Waals surface area (Å²) in [7, 11) is -3.70. The van der Waals surface area contributed by atoms with Crippen molar-refractivity contribution in [2.24, 2.45) is 0 Å². The van der Waals surface area contributed by atoms with E-state index in [1.54, 1.807) is 36.4 Å². The average Bonchev–Trinajstić information content (AvgIpc) is 2.81. The van der Waals surface area contributed by atoms with Gasteiger partial charge in [-0.3, -0.25) is 4.79 Å². The Morgan fingerprint density at radius 2 is 1.61 bits per heavy atom. The van der Waals surface area contributed by atoms with E-state index in [1.807, 2.05) is 30.3 Å². The number of rotatable bonds is 7. The normalized spacial score (nSPS) is 16.8. The molecule has 1 amide bonds. The fraction of sp³-hybridized carbons (Fsp3) is 0.240. The second-order valence-corrected chi connectivity index (χ2v) is 10.2. The zero-order chi connectivity index (χ0) is 23.3. The molecule has 1 fully saturated rings. The van der Waals surface area contributed by atoms with Crippen molar-refractivity contribution in [2.75, 3.05) is 11.9 Å². The molecular formula is C25H25ClN2O4S. The summed E-state index contributed by atoms with van der Waals surface area (Å²) in [5.41, 5.74) is 0.628. The SMILES string of the molecule is O=C(C[C@H]1CCCCN1S(=O)(=O)c1ccc(Cl)cc1)Nc1ccc(Oc2ccccc2)cc1. The molecule has 1 aliphatic rings. The largest absolute Gasteiger partial charge is 0.457 e. The number of benzene rings is 3. The van der Waals surface area contributed by atoms with Crippen LogP contribution in [0.4, 0.5) is 5.69 Å². The molecular weight excluding hydrogens is 460 g/mol. The van der Waals surface area contributed by atoms with Crippen LogP contribution in [0.1, 0.15) is 25.7 Å². The van der Waals surface area contributed by atoms with Crippen molar-refractivity contribution in [1.82, 2.24) is 4.31 Å². The van der Waals surface area contributed by atoms with E-state index >= 15 is 0 Å². The van der Waals surface area contributed by atoms with Crippen LogP contribution in [-0.4, -0.2) is 31.2 Å². The maximum atomic E-state index is 13.2. The molecule has 0 aliphatic carbocycles. The highest BCUT2D eigenvalue weighted by Crippen LogP contribution is 2.28. The first kappa shape index (κ1) is 23.3. The van der Waals surface area contributed by atoms with Gasteiger partial charge in [-0.05, 0) is 73.5 Å². The molecule has 0 spiro atoms. The Balaban J connectivity index is 1.39. The number of carbonyl (C=O) groups excluding carboxylic acids is 1. The quantitative estimate of drug-likeness (QED) is 0.466. The molecule has 4 rings (SSSR count). The molecule has 33 heavy (non-hydrogen) atoms. The Morgan fingerprint density at radius 1 is 0.939 bits per heavy atom. The van der Waals surface area contributed by atoms with Crippen molar-refractivity contribution in [2.45, 2.75) is 36.6 Å². The van der Waals surface area contributed by atoms with E-state index in [0.717, 1.165) is 18.6 Å². The van der Waals surface area contributed by atoms with Gasteiger partial charge >= 0.3 is 0 Å². The maximum Gasteiger partial charge on any atom is 0.243 e. The zero-order valence-electron chi connectivity index (χ0n) is 18.0. The second-order valence-electron chi connectivity index (χ2n) is 7.91. The van der Waals surface area contributed by atoms with Gasteiger partial charge < -0.3 is 10.1 Å². The molecule has 6 nitrogen and oxygen atoms in total. The lowest BCUT2D eigenvalue weighted by Gasteiger charge is -2.34. The lowest BCUT2D eigenvalue weighted by molar-refractivity contribution is -0.117. The minimum atomic E-state index is -3.70. The molecule has 0 bridgehead atoms. The van der Waals surface area contributed by atoms with Crippen molar-refractivity contribution in [3.63, 3.8) is 0 Å². The van der Waals surface area contributed by atoms with Crippen LogP contribution >= 0.6 is 11.6 Å². The summed E-state index contributed by atoms with van der Waals surface area (Å²) in [6, 6.07) is 22.3. The Bertz CT molecular complexity index is 1180.